The van der Waals surface area contributed by atoms with E-state index >= 15 is 0 Å². The van der Waals surface area contributed by atoms with Crippen molar-refractivity contribution in [1.29, 1.82) is 0 Å². The molecular formula is C26H28F4N2O2. The summed E-state index contributed by atoms with van der Waals surface area (Å²) in [4.78, 5) is 4.38. The fraction of sp³-hybridized carbons (Fsp3) is 0.462. The zero-order valence-electron chi connectivity index (χ0n) is 19.0. The molecule has 0 aliphatic carbocycles. The van der Waals surface area contributed by atoms with Crippen LogP contribution in [0.25, 0.3) is 0 Å². The number of ether oxygens (including phenoxy) is 2. The van der Waals surface area contributed by atoms with Crippen LogP contribution in [0, 0.1) is 17.7 Å². The van der Waals surface area contributed by atoms with Gasteiger partial charge in [-0.1, -0.05) is 36.1 Å². The molecule has 2 aromatic rings. The Morgan fingerprint density at radius 2 is 1.79 bits per heavy atom. The summed E-state index contributed by atoms with van der Waals surface area (Å²) in [6.45, 7) is 6.08. The van der Waals surface area contributed by atoms with Gasteiger partial charge in [-0.2, -0.15) is 13.2 Å². The topological polar surface area (TPSA) is 24.9 Å². The van der Waals surface area contributed by atoms with Crippen molar-refractivity contribution in [2.24, 2.45) is 0 Å². The highest BCUT2D eigenvalue weighted by Gasteiger charge is 2.36. The Bertz CT molecular complexity index is 1010. The number of hydrogen-bond acceptors (Lipinski definition) is 4. The zero-order valence-corrected chi connectivity index (χ0v) is 19.0. The van der Waals surface area contributed by atoms with Gasteiger partial charge in [0.1, 0.15) is 5.82 Å². The molecular weight excluding hydrogens is 448 g/mol. The van der Waals surface area contributed by atoms with E-state index in [1.807, 2.05) is 0 Å². The minimum absolute atomic E-state index is 0.351. The van der Waals surface area contributed by atoms with Crippen molar-refractivity contribution in [3.63, 3.8) is 0 Å². The van der Waals surface area contributed by atoms with E-state index in [-0.39, 0.29) is 11.9 Å². The number of alkyl halides is 3. The molecule has 2 saturated heterocycles. The van der Waals surface area contributed by atoms with E-state index in [1.165, 1.54) is 24.6 Å². The molecule has 2 fully saturated rings. The van der Waals surface area contributed by atoms with E-state index in [4.69, 9.17) is 9.47 Å². The number of benzene rings is 2. The van der Waals surface area contributed by atoms with Crippen LogP contribution in [-0.2, 0) is 15.7 Å². The normalized spacial score (nSPS) is 22.5. The largest absolute Gasteiger partial charge is 0.416 e. The molecule has 0 bridgehead atoms. The van der Waals surface area contributed by atoms with Gasteiger partial charge in [-0.25, -0.2) is 4.39 Å². The molecule has 0 amide bonds. The molecule has 2 aliphatic heterocycles. The molecule has 2 unspecified atom stereocenters. The van der Waals surface area contributed by atoms with Crippen LogP contribution in [0.15, 0.2) is 48.5 Å². The van der Waals surface area contributed by atoms with Gasteiger partial charge in [0.05, 0.1) is 37.4 Å². The van der Waals surface area contributed by atoms with Crippen molar-refractivity contribution in [2.45, 2.75) is 38.0 Å². The quantitative estimate of drug-likeness (QED) is 0.431. The first-order chi connectivity index (χ1) is 16.3. The molecule has 4 nitrogen and oxygen atoms in total. The molecule has 2 aromatic carbocycles. The van der Waals surface area contributed by atoms with E-state index in [2.05, 4.69) is 21.6 Å². The average Bonchev–Trinajstić information content (AvgIpc) is 2.78. The van der Waals surface area contributed by atoms with E-state index in [0.29, 0.717) is 25.3 Å². The number of nitrogens with zero attached hydrogens (tertiary/aromatic N) is 2. The van der Waals surface area contributed by atoms with E-state index in [9.17, 15) is 17.6 Å². The minimum Gasteiger partial charge on any atom is -0.349 e. The fourth-order valence-electron chi connectivity index (χ4n) is 4.12. The van der Waals surface area contributed by atoms with E-state index in [1.54, 1.807) is 25.1 Å². The third kappa shape index (κ3) is 6.16. The summed E-state index contributed by atoms with van der Waals surface area (Å²) in [6.07, 6.45) is -4.62. The molecule has 8 heteroatoms. The second kappa shape index (κ2) is 10.9. The van der Waals surface area contributed by atoms with Crippen molar-refractivity contribution in [3.05, 3.63) is 71.0 Å². The van der Waals surface area contributed by atoms with Gasteiger partial charge in [-0.15, -0.1) is 0 Å². The van der Waals surface area contributed by atoms with Crippen LogP contribution in [0.5, 0.6) is 0 Å². The second-order valence-electron chi connectivity index (χ2n) is 8.59. The Balaban J connectivity index is 1.52. The lowest BCUT2D eigenvalue weighted by Gasteiger charge is -2.41. The van der Waals surface area contributed by atoms with Gasteiger partial charge < -0.3 is 9.47 Å². The molecule has 0 radical (unpaired) electrons. The monoisotopic (exact) mass is 476 g/mol. The van der Waals surface area contributed by atoms with Gasteiger partial charge in [0, 0.05) is 19.6 Å². The first-order valence-electron chi connectivity index (χ1n) is 11.4. The molecule has 0 spiro atoms. The van der Waals surface area contributed by atoms with Crippen LogP contribution in [-0.4, -0.2) is 55.4 Å². The maximum absolute atomic E-state index is 13.6. The van der Waals surface area contributed by atoms with E-state index in [0.717, 1.165) is 37.3 Å². The molecule has 2 heterocycles. The molecule has 182 valence electrons. The van der Waals surface area contributed by atoms with Gasteiger partial charge in [-0.05, 0) is 48.7 Å². The standard InChI is InChI=1S/C26H28F4N2O2/c1-19(21-6-4-7-22(18-21)26(28,29)30)34-25-24(20-8-10-23(27)11-9-20)32(16-17-33-25)15-3-2-12-31-13-5-14-31/h4,6-11,18-19,24-25H,5,12-17H2,1H3/t19-,24?,25?/m1/s1. The van der Waals surface area contributed by atoms with Crippen LogP contribution in [0.3, 0.4) is 0 Å². The van der Waals surface area contributed by atoms with Gasteiger partial charge in [0.25, 0.3) is 0 Å². The Kier molecular flexibility index (Phi) is 7.89. The van der Waals surface area contributed by atoms with Crippen LogP contribution in [0.4, 0.5) is 17.6 Å². The third-order valence-electron chi connectivity index (χ3n) is 6.20. The summed E-state index contributed by atoms with van der Waals surface area (Å²) < 4.78 is 65.2. The molecule has 2 aliphatic rings. The van der Waals surface area contributed by atoms with Gasteiger partial charge in [0.2, 0.25) is 0 Å². The molecule has 34 heavy (non-hydrogen) atoms. The Hall–Kier alpha value is -2.44. The lowest BCUT2D eigenvalue weighted by molar-refractivity contribution is -0.228. The second-order valence-corrected chi connectivity index (χ2v) is 8.59. The lowest BCUT2D eigenvalue weighted by atomic mass is 10.0. The molecule has 0 aromatic heterocycles. The SMILES string of the molecule is C[C@@H](OC1OCCN(CC#CCN2CCC2)C1c1ccc(F)cc1)c1cccc(C(F)(F)F)c1. The third-order valence-corrected chi connectivity index (χ3v) is 6.20. The molecule has 4 rings (SSSR count). The van der Waals surface area contributed by atoms with Crippen molar-refractivity contribution in [3.8, 4) is 11.8 Å². The van der Waals surface area contributed by atoms with Crippen molar-refractivity contribution in [2.75, 3.05) is 39.3 Å². The van der Waals surface area contributed by atoms with Gasteiger partial charge >= 0.3 is 6.18 Å². The van der Waals surface area contributed by atoms with Crippen LogP contribution < -0.4 is 0 Å². The summed E-state index contributed by atoms with van der Waals surface area (Å²) in [7, 11) is 0. The van der Waals surface area contributed by atoms with Crippen molar-refractivity contribution < 1.29 is 27.0 Å². The van der Waals surface area contributed by atoms with Crippen LogP contribution in [0.1, 0.15) is 42.2 Å². The van der Waals surface area contributed by atoms with Crippen LogP contribution >= 0.6 is 0 Å². The summed E-state index contributed by atoms with van der Waals surface area (Å²) in [5.74, 6) is 6.07. The zero-order chi connectivity index (χ0) is 24.1. The molecule has 0 saturated carbocycles. The van der Waals surface area contributed by atoms with E-state index < -0.39 is 24.1 Å². The van der Waals surface area contributed by atoms with Crippen LogP contribution in [0.2, 0.25) is 0 Å². The highest BCUT2D eigenvalue weighted by Crippen LogP contribution is 2.35. The first-order valence-corrected chi connectivity index (χ1v) is 11.4. The summed E-state index contributed by atoms with van der Waals surface area (Å²) in [5.41, 5.74) is 0.480. The Morgan fingerprint density at radius 3 is 2.47 bits per heavy atom. The Labute approximate surface area is 197 Å². The first kappa shape index (κ1) is 24.7. The number of morpholine rings is 1. The maximum Gasteiger partial charge on any atom is 0.416 e. The van der Waals surface area contributed by atoms with Crippen molar-refractivity contribution >= 4 is 0 Å². The molecule has 0 N–H and O–H groups in total. The highest BCUT2D eigenvalue weighted by molar-refractivity contribution is 5.27. The summed E-state index contributed by atoms with van der Waals surface area (Å²) in [6, 6.07) is 10.9. The molecule has 3 atom stereocenters. The predicted octanol–water partition coefficient (Wildman–Crippen LogP) is 5.03. The summed E-state index contributed by atoms with van der Waals surface area (Å²) in [5, 5.41) is 0. The number of hydrogen-bond donors (Lipinski definition) is 0. The van der Waals surface area contributed by atoms with Gasteiger partial charge in [0.15, 0.2) is 6.29 Å². The number of halogens is 4. The predicted molar refractivity (Wildman–Crippen MR) is 120 cm³/mol. The highest BCUT2D eigenvalue weighted by atomic mass is 19.4. The average molecular weight is 477 g/mol. The minimum atomic E-state index is -4.43. The lowest BCUT2D eigenvalue weighted by Crippen LogP contribution is -2.47. The smallest absolute Gasteiger partial charge is 0.349 e. The Morgan fingerprint density at radius 1 is 1.06 bits per heavy atom. The number of rotatable bonds is 6. The fourth-order valence-corrected chi connectivity index (χ4v) is 4.12. The number of likely N-dealkylation sites (tertiary alicyclic amines) is 1. The maximum atomic E-state index is 13.6. The van der Waals surface area contributed by atoms with Gasteiger partial charge in [-0.3, -0.25) is 9.80 Å². The summed E-state index contributed by atoms with van der Waals surface area (Å²) >= 11 is 0. The van der Waals surface area contributed by atoms with Crippen molar-refractivity contribution in [1.82, 2.24) is 9.80 Å².